The summed E-state index contributed by atoms with van der Waals surface area (Å²) in [4.78, 5) is 0. The van der Waals surface area contributed by atoms with Crippen molar-refractivity contribution in [3.8, 4) is 0 Å². The van der Waals surface area contributed by atoms with Crippen LogP contribution in [0.4, 0.5) is 4.39 Å². The van der Waals surface area contributed by atoms with E-state index < -0.39 is 0 Å². The van der Waals surface area contributed by atoms with E-state index in [2.05, 4.69) is 0 Å². The third kappa shape index (κ3) is 1.83. The predicted octanol–water partition coefficient (Wildman–Crippen LogP) is 1.01. The van der Waals surface area contributed by atoms with Crippen LogP contribution in [0.2, 0.25) is 5.02 Å². The van der Waals surface area contributed by atoms with Crippen LogP contribution in [0.3, 0.4) is 0 Å². The van der Waals surface area contributed by atoms with Crippen molar-refractivity contribution in [3.63, 3.8) is 0 Å². The molecule has 3 heteroatoms. The standard InChI is InChI=1S/C6H3ClF.Sn.H/c7-5-3-1-2-4-6(5)8;;/h1,3-4H;;. The molecule has 0 N–H and O–H groups in total. The van der Waals surface area contributed by atoms with Crippen LogP contribution in [-0.4, -0.2) is 22.5 Å². The molecule has 1 rings (SSSR count). The summed E-state index contributed by atoms with van der Waals surface area (Å²) in [5.74, 6) is -0.318. The van der Waals surface area contributed by atoms with Gasteiger partial charge in [-0.1, -0.05) is 0 Å². The third-order valence-corrected chi connectivity index (χ3v) is 2.28. The summed E-state index contributed by atoms with van der Waals surface area (Å²) in [6, 6.07) is 4.87. The monoisotopic (exact) mass is 250 g/mol. The first-order valence-corrected chi connectivity index (χ1v) is 4.43. The van der Waals surface area contributed by atoms with E-state index in [1.165, 1.54) is 6.07 Å². The number of benzene rings is 1. The van der Waals surface area contributed by atoms with Gasteiger partial charge in [-0.15, -0.1) is 0 Å². The Morgan fingerprint density at radius 3 is 2.56 bits per heavy atom. The van der Waals surface area contributed by atoms with Gasteiger partial charge >= 0.3 is 71.1 Å². The van der Waals surface area contributed by atoms with E-state index in [1.54, 1.807) is 6.07 Å². The molecule has 0 saturated heterocycles. The van der Waals surface area contributed by atoms with Gasteiger partial charge in [0.1, 0.15) is 0 Å². The quantitative estimate of drug-likeness (QED) is 0.602. The molecule has 46 valence electrons. The molecule has 0 heterocycles. The van der Waals surface area contributed by atoms with Gasteiger partial charge in [0.15, 0.2) is 0 Å². The first-order valence-electron chi connectivity index (χ1n) is 2.40. The molecule has 0 fully saturated rings. The molecule has 0 bridgehead atoms. The predicted molar refractivity (Wildman–Crippen MR) is 38.2 cm³/mol. The molecule has 0 aromatic heterocycles. The Bertz CT molecular complexity index is 224. The van der Waals surface area contributed by atoms with Crippen LogP contribution < -0.4 is 3.58 Å². The molecule has 0 nitrogen and oxygen atoms in total. The van der Waals surface area contributed by atoms with Crippen molar-refractivity contribution < 1.29 is 4.39 Å². The summed E-state index contributed by atoms with van der Waals surface area (Å²) in [6.45, 7) is 0. The van der Waals surface area contributed by atoms with Crippen LogP contribution in [0.25, 0.3) is 0 Å². The average molecular weight is 249 g/mol. The van der Waals surface area contributed by atoms with Gasteiger partial charge in [0.2, 0.25) is 0 Å². The molecule has 0 atom stereocenters. The number of hydrogen-bond donors (Lipinski definition) is 0. The second-order valence-corrected chi connectivity index (χ2v) is 3.98. The SMILES string of the molecule is Fc1c[c]([SnH])ccc1Cl. The van der Waals surface area contributed by atoms with Crippen LogP contribution in [0, 0.1) is 5.82 Å². The molecular weight excluding hydrogens is 245 g/mol. The number of hydrogen-bond acceptors (Lipinski definition) is 0. The topological polar surface area (TPSA) is 0 Å². The first-order chi connectivity index (χ1) is 4.20. The van der Waals surface area contributed by atoms with Crippen molar-refractivity contribution in [2.24, 2.45) is 0 Å². The van der Waals surface area contributed by atoms with E-state index in [4.69, 9.17) is 11.6 Å². The molecule has 0 aliphatic heterocycles. The van der Waals surface area contributed by atoms with E-state index in [-0.39, 0.29) is 10.8 Å². The van der Waals surface area contributed by atoms with Crippen LogP contribution in [0.1, 0.15) is 0 Å². The summed E-state index contributed by atoms with van der Waals surface area (Å²) >= 11 is 6.35. The van der Waals surface area contributed by atoms with E-state index in [0.717, 1.165) is 26.1 Å². The fourth-order valence-electron chi connectivity index (χ4n) is 0.512. The fraction of sp³-hybridized carbons (Fsp3) is 0. The summed E-state index contributed by atoms with van der Waals surface area (Å²) in [6.07, 6.45) is 0. The number of rotatable bonds is 0. The Hall–Kier alpha value is 0.239. The second kappa shape index (κ2) is 2.88. The first kappa shape index (κ1) is 7.35. The zero-order valence-corrected chi connectivity index (χ0v) is 8.62. The molecule has 0 spiro atoms. The van der Waals surface area contributed by atoms with Gasteiger partial charge in [0.25, 0.3) is 0 Å². The zero-order chi connectivity index (χ0) is 6.85. The Morgan fingerprint density at radius 1 is 1.44 bits per heavy atom. The normalized spacial score (nSPS) is 9.67. The van der Waals surface area contributed by atoms with Crippen molar-refractivity contribution >= 4 is 37.7 Å². The Kier molecular flexibility index (Phi) is 2.35. The Morgan fingerprint density at radius 2 is 2.11 bits per heavy atom. The van der Waals surface area contributed by atoms with Gasteiger partial charge in [0.05, 0.1) is 0 Å². The van der Waals surface area contributed by atoms with Crippen LogP contribution in [0.15, 0.2) is 18.2 Å². The van der Waals surface area contributed by atoms with Gasteiger partial charge < -0.3 is 0 Å². The zero-order valence-electron chi connectivity index (χ0n) is 4.57. The summed E-state index contributed by atoms with van der Waals surface area (Å²) in [5, 5.41) is 0.202. The Labute approximate surface area is 71.1 Å². The van der Waals surface area contributed by atoms with E-state index in [0.29, 0.717) is 0 Å². The maximum atomic E-state index is 12.5. The maximum absolute atomic E-state index is 12.5. The van der Waals surface area contributed by atoms with Crippen molar-refractivity contribution in [2.75, 3.05) is 0 Å². The molecule has 1 aromatic carbocycles. The van der Waals surface area contributed by atoms with Crippen LogP contribution >= 0.6 is 11.6 Å². The van der Waals surface area contributed by atoms with Crippen LogP contribution in [0.5, 0.6) is 0 Å². The molecule has 0 unspecified atom stereocenters. The molecule has 2 radical (unpaired) electrons. The molecule has 0 saturated carbocycles. The summed E-state index contributed by atoms with van der Waals surface area (Å²) < 4.78 is 13.5. The van der Waals surface area contributed by atoms with E-state index in [1.807, 2.05) is 6.07 Å². The molecule has 1 aromatic rings. The van der Waals surface area contributed by atoms with Crippen molar-refractivity contribution in [1.82, 2.24) is 0 Å². The van der Waals surface area contributed by atoms with Gasteiger partial charge in [-0.25, -0.2) is 0 Å². The second-order valence-electron chi connectivity index (χ2n) is 1.67. The molecule has 0 amide bonds. The van der Waals surface area contributed by atoms with Crippen LogP contribution in [-0.2, 0) is 0 Å². The number of halogens is 2. The van der Waals surface area contributed by atoms with Gasteiger partial charge in [0, 0.05) is 0 Å². The molecule has 9 heavy (non-hydrogen) atoms. The average Bonchev–Trinajstić information content (AvgIpc) is 1.80. The molecule has 0 aliphatic carbocycles. The van der Waals surface area contributed by atoms with Gasteiger partial charge in [-0.2, -0.15) is 0 Å². The Balaban J connectivity index is 3.17. The van der Waals surface area contributed by atoms with Crippen molar-refractivity contribution in [3.05, 3.63) is 29.0 Å². The minimum absolute atomic E-state index is 0.202. The van der Waals surface area contributed by atoms with Gasteiger partial charge in [-0.3, -0.25) is 0 Å². The van der Waals surface area contributed by atoms with Gasteiger partial charge in [-0.05, 0) is 0 Å². The molecule has 0 aliphatic rings. The summed E-state index contributed by atoms with van der Waals surface area (Å²) in [7, 11) is 0. The van der Waals surface area contributed by atoms with E-state index >= 15 is 0 Å². The summed E-state index contributed by atoms with van der Waals surface area (Å²) in [5.41, 5.74) is 0. The fourth-order valence-corrected chi connectivity index (χ4v) is 1.32. The van der Waals surface area contributed by atoms with E-state index in [9.17, 15) is 4.39 Å². The molecular formula is C6H4ClFSn. The van der Waals surface area contributed by atoms with Crippen molar-refractivity contribution in [1.29, 1.82) is 0 Å². The minimum atomic E-state index is -0.318. The third-order valence-electron chi connectivity index (χ3n) is 0.944. The van der Waals surface area contributed by atoms with Crippen molar-refractivity contribution in [2.45, 2.75) is 0 Å².